The monoisotopic (exact) mass is 354 g/mol. The van der Waals surface area contributed by atoms with Crippen molar-refractivity contribution in [2.75, 3.05) is 0 Å². The summed E-state index contributed by atoms with van der Waals surface area (Å²) >= 11 is -2.03. The molecule has 0 aliphatic carbocycles. The first-order valence-corrected chi connectivity index (χ1v) is 15.4. The van der Waals surface area contributed by atoms with E-state index in [4.69, 9.17) is 0 Å². The number of benzene rings is 1. The summed E-state index contributed by atoms with van der Waals surface area (Å²) in [6, 6.07) is 10.9. The van der Waals surface area contributed by atoms with Crippen LogP contribution in [0.1, 0.15) is 12.0 Å². The van der Waals surface area contributed by atoms with Gasteiger partial charge in [0.15, 0.2) is 0 Å². The van der Waals surface area contributed by atoms with E-state index in [9.17, 15) is 0 Å². The van der Waals surface area contributed by atoms with Crippen molar-refractivity contribution in [1.29, 1.82) is 0 Å². The van der Waals surface area contributed by atoms with Gasteiger partial charge in [0.25, 0.3) is 0 Å². The molecule has 0 saturated carbocycles. The molecule has 22 heavy (non-hydrogen) atoms. The summed E-state index contributed by atoms with van der Waals surface area (Å²) in [6.07, 6.45) is 9.09. The molecule has 0 fully saturated rings. The third-order valence-corrected chi connectivity index (χ3v) is 8.32. The van der Waals surface area contributed by atoms with Crippen molar-refractivity contribution in [3.8, 4) is 0 Å². The van der Waals surface area contributed by atoms with Crippen LogP contribution >= 0.6 is 0 Å². The third kappa shape index (κ3) is 5.21. The number of hydrogen-bond acceptors (Lipinski definition) is 0. The Labute approximate surface area is 140 Å². The van der Waals surface area contributed by atoms with Gasteiger partial charge in [0.1, 0.15) is 0 Å². The molecule has 0 atom stereocenters. The van der Waals surface area contributed by atoms with Crippen LogP contribution in [-0.4, -0.2) is 20.0 Å². The third-order valence-electron chi connectivity index (χ3n) is 3.89. The fourth-order valence-electron chi connectivity index (χ4n) is 3.12. The van der Waals surface area contributed by atoms with E-state index in [0.717, 1.165) is 19.1 Å². The van der Waals surface area contributed by atoms with Crippen LogP contribution in [0.3, 0.4) is 0 Å². The molecule has 0 nitrogen and oxygen atoms in total. The average molecular weight is 353 g/mol. The Morgan fingerprint density at radius 3 is 1.91 bits per heavy atom. The molecule has 0 N–H and O–H groups in total. The fourth-order valence-corrected chi connectivity index (χ4v) is 7.95. The molecule has 0 spiro atoms. The van der Waals surface area contributed by atoms with Crippen molar-refractivity contribution in [2.24, 2.45) is 0 Å². The molecular formula is C20H29BGe. The van der Waals surface area contributed by atoms with Gasteiger partial charge >= 0.3 is 140 Å². The Morgan fingerprint density at radius 2 is 1.50 bits per heavy atom. The summed E-state index contributed by atoms with van der Waals surface area (Å²) in [6.45, 7) is 12.4. The first-order valence-electron chi connectivity index (χ1n) is 8.07. The topological polar surface area (TPSA) is 0 Å². The molecular weight excluding hydrogens is 324 g/mol. The van der Waals surface area contributed by atoms with Crippen LogP contribution in [0, 0.1) is 0 Å². The second kappa shape index (κ2) is 9.05. The minimum atomic E-state index is -2.03. The Balaban J connectivity index is 3.55. The predicted octanol–water partition coefficient (Wildman–Crippen LogP) is 6.30. The number of hydrogen-bond donors (Lipinski definition) is 0. The van der Waals surface area contributed by atoms with Gasteiger partial charge in [0.05, 0.1) is 0 Å². The molecule has 0 radical (unpaired) electrons. The predicted molar refractivity (Wildman–Crippen MR) is 107 cm³/mol. The van der Waals surface area contributed by atoms with Crippen LogP contribution in [0.2, 0.25) is 29.9 Å². The van der Waals surface area contributed by atoms with Gasteiger partial charge in [-0.3, -0.25) is 0 Å². The standard InChI is InChI=1S/C20H29BGe/c1-7-13-19(21(16-8-2)17-9-3)20(22(4,5)6)18-14-11-10-12-15-18/h7-12,14-15H,1-3,13,16-17H2,4-6H3/b20-19-. The summed E-state index contributed by atoms with van der Waals surface area (Å²) in [5.74, 6) is 7.43. The summed E-state index contributed by atoms with van der Waals surface area (Å²) in [4.78, 5) is 0. The zero-order valence-corrected chi connectivity index (χ0v) is 16.5. The molecule has 0 amide bonds. The van der Waals surface area contributed by atoms with Gasteiger partial charge in [0.2, 0.25) is 0 Å². The Morgan fingerprint density at radius 1 is 0.955 bits per heavy atom. The average Bonchev–Trinajstić information content (AvgIpc) is 2.46. The summed E-state index contributed by atoms with van der Waals surface area (Å²) in [7, 11) is 0. The molecule has 1 aromatic carbocycles. The first-order chi connectivity index (χ1) is 10.5. The number of rotatable bonds is 9. The molecule has 0 bridgehead atoms. The molecule has 2 heteroatoms. The van der Waals surface area contributed by atoms with Crippen LogP contribution in [0.25, 0.3) is 4.41 Å². The van der Waals surface area contributed by atoms with E-state index in [1.54, 1.807) is 9.88 Å². The molecule has 1 rings (SSSR count). The second-order valence-corrected chi connectivity index (χ2v) is 17.2. The van der Waals surface area contributed by atoms with Crippen molar-refractivity contribution < 1.29 is 0 Å². The van der Waals surface area contributed by atoms with Crippen LogP contribution in [0.4, 0.5) is 0 Å². The Bertz CT molecular complexity index is 525. The summed E-state index contributed by atoms with van der Waals surface area (Å²) in [5, 5.41) is 0. The summed E-state index contributed by atoms with van der Waals surface area (Å²) in [5.41, 5.74) is 2.94. The summed E-state index contributed by atoms with van der Waals surface area (Å²) < 4.78 is 1.62. The van der Waals surface area contributed by atoms with E-state index in [0.29, 0.717) is 6.71 Å². The number of allylic oxidation sites excluding steroid dienone is 4. The van der Waals surface area contributed by atoms with E-state index >= 15 is 0 Å². The van der Waals surface area contributed by atoms with Crippen LogP contribution in [0.15, 0.2) is 73.8 Å². The van der Waals surface area contributed by atoms with E-state index in [1.807, 2.05) is 18.2 Å². The van der Waals surface area contributed by atoms with E-state index < -0.39 is 13.3 Å². The van der Waals surface area contributed by atoms with Gasteiger partial charge in [-0.15, -0.1) is 0 Å². The van der Waals surface area contributed by atoms with E-state index in [-0.39, 0.29) is 0 Å². The van der Waals surface area contributed by atoms with Gasteiger partial charge in [-0.1, -0.05) is 0 Å². The van der Waals surface area contributed by atoms with Gasteiger partial charge in [-0.2, -0.15) is 0 Å². The van der Waals surface area contributed by atoms with Gasteiger partial charge in [0, 0.05) is 0 Å². The maximum absolute atomic E-state index is 4.00. The maximum atomic E-state index is 4.00. The van der Waals surface area contributed by atoms with Crippen LogP contribution < -0.4 is 0 Å². The van der Waals surface area contributed by atoms with Crippen molar-refractivity contribution >= 4 is 24.4 Å². The van der Waals surface area contributed by atoms with E-state index in [2.05, 4.69) is 67.3 Å². The zero-order chi connectivity index (χ0) is 16.6. The zero-order valence-electron chi connectivity index (χ0n) is 14.4. The molecule has 1 aromatic rings. The Kier molecular flexibility index (Phi) is 7.74. The van der Waals surface area contributed by atoms with Gasteiger partial charge < -0.3 is 0 Å². The van der Waals surface area contributed by atoms with Crippen molar-refractivity contribution in [2.45, 2.75) is 36.3 Å². The molecule has 0 aromatic heterocycles. The van der Waals surface area contributed by atoms with Crippen molar-refractivity contribution in [1.82, 2.24) is 0 Å². The molecule has 0 unspecified atom stereocenters. The van der Waals surface area contributed by atoms with E-state index in [1.165, 1.54) is 5.56 Å². The fraction of sp³-hybridized carbons (Fsp3) is 0.300. The molecule has 0 heterocycles. The van der Waals surface area contributed by atoms with Crippen molar-refractivity contribution in [3.63, 3.8) is 0 Å². The van der Waals surface area contributed by atoms with Gasteiger partial charge in [-0.05, 0) is 0 Å². The SMILES string of the molecule is C=CCB(CC=C)/C(CC=C)=[C](/c1ccccc1)[Ge]([CH3])([CH3])[CH3]. The van der Waals surface area contributed by atoms with Crippen LogP contribution in [0.5, 0.6) is 0 Å². The van der Waals surface area contributed by atoms with Gasteiger partial charge in [-0.25, -0.2) is 0 Å². The molecule has 0 aliphatic heterocycles. The Hall–Kier alpha value is -1.21. The molecule has 0 aliphatic rings. The van der Waals surface area contributed by atoms with Crippen LogP contribution in [-0.2, 0) is 0 Å². The first kappa shape index (κ1) is 18.8. The normalized spacial score (nSPS) is 12.3. The van der Waals surface area contributed by atoms with Crippen molar-refractivity contribution in [3.05, 3.63) is 79.3 Å². The molecule has 0 saturated heterocycles. The minimum absolute atomic E-state index is 0.494. The second-order valence-electron chi connectivity index (χ2n) is 6.75. The molecule has 116 valence electrons. The quantitative estimate of drug-likeness (QED) is 0.361.